The smallest absolute Gasteiger partial charge is 0.324 e. The third-order valence-corrected chi connectivity index (χ3v) is 2.85. The average Bonchev–Trinajstić information content (AvgIpc) is 2.68. The van der Waals surface area contributed by atoms with Gasteiger partial charge < -0.3 is 4.74 Å². The minimum Gasteiger partial charge on any atom is -0.468 e. The predicted octanol–water partition coefficient (Wildman–Crippen LogP) is 0.832. The van der Waals surface area contributed by atoms with Crippen LogP contribution in [0.3, 0.4) is 0 Å². The van der Waals surface area contributed by atoms with E-state index in [9.17, 15) is 4.79 Å². The van der Waals surface area contributed by atoms with Gasteiger partial charge in [-0.15, -0.1) is 0 Å². The van der Waals surface area contributed by atoms with Crippen LogP contribution in [0.5, 0.6) is 0 Å². The van der Waals surface area contributed by atoms with Gasteiger partial charge in [-0.05, 0) is 19.4 Å². The van der Waals surface area contributed by atoms with E-state index in [1.54, 1.807) is 7.05 Å². The molecule has 0 aromatic carbocycles. The summed E-state index contributed by atoms with van der Waals surface area (Å²) >= 11 is 0. The Morgan fingerprint density at radius 2 is 2.14 bits per heavy atom. The highest BCUT2D eigenvalue weighted by atomic mass is 16.5. The van der Waals surface area contributed by atoms with Gasteiger partial charge in [-0.2, -0.15) is 0 Å². The molecule has 2 N–H and O–H groups in total. The normalized spacial score (nSPS) is 19.6. The first-order valence-electron chi connectivity index (χ1n) is 5.28. The van der Waals surface area contributed by atoms with E-state index in [-0.39, 0.29) is 12.0 Å². The van der Waals surface area contributed by atoms with Crippen molar-refractivity contribution in [1.29, 1.82) is 0 Å². The Morgan fingerprint density at radius 1 is 1.50 bits per heavy atom. The van der Waals surface area contributed by atoms with Crippen molar-refractivity contribution in [3.8, 4) is 0 Å². The fourth-order valence-electron chi connectivity index (χ4n) is 2.11. The summed E-state index contributed by atoms with van der Waals surface area (Å²) in [4.78, 5) is 11.4. The second-order valence-corrected chi connectivity index (χ2v) is 3.86. The van der Waals surface area contributed by atoms with E-state index in [1.165, 1.54) is 32.8 Å². The Bertz CT molecular complexity index is 179. The predicted molar refractivity (Wildman–Crippen MR) is 54.6 cm³/mol. The molecule has 0 heterocycles. The number of nitrogens with one attached hydrogen (secondary N) is 2. The quantitative estimate of drug-likeness (QED) is 0.510. The van der Waals surface area contributed by atoms with Crippen LogP contribution >= 0.6 is 0 Å². The van der Waals surface area contributed by atoms with Crippen LogP contribution in [-0.2, 0) is 9.53 Å². The molecule has 14 heavy (non-hydrogen) atoms. The molecule has 1 aliphatic carbocycles. The maximum absolute atomic E-state index is 11.4. The molecule has 0 amide bonds. The third kappa shape index (κ3) is 3.27. The fraction of sp³-hybridized carbons (Fsp3) is 0.900. The monoisotopic (exact) mass is 200 g/mol. The fourth-order valence-corrected chi connectivity index (χ4v) is 2.11. The van der Waals surface area contributed by atoms with E-state index in [0.717, 1.165) is 6.42 Å². The highest BCUT2D eigenvalue weighted by Gasteiger charge is 2.24. The first-order chi connectivity index (χ1) is 6.77. The van der Waals surface area contributed by atoms with E-state index in [4.69, 9.17) is 4.74 Å². The first-order valence-corrected chi connectivity index (χ1v) is 5.28. The second-order valence-electron chi connectivity index (χ2n) is 3.86. The molecule has 0 radical (unpaired) electrons. The standard InChI is InChI=1S/C10H20N2O2/c1-11-12-9(10(13)14-2)7-8-5-3-4-6-8/h8-9,11-12H,3-7H2,1-2H3. The molecule has 1 rings (SSSR count). The summed E-state index contributed by atoms with van der Waals surface area (Å²) in [5.74, 6) is 0.506. The lowest BCUT2D eigenvalue weighted by atomic mass is 9.99. The zero-order chi connectivity index (χ0) is 10.4. The van der Waals surface area contributed by atoms with Crippen LogP contribution < -0.4 is 10.9 Å². The van der Waals surface area contributed by atoms with E-state index < -0.39 is 0 Å². The zero-order valence-electron chi connectivity index (χ0n) is 9.01. The molecule has 1 atom stereocenters. The van der Waals surface area contributed by atoms with Crippen LogP contribution in [0.25, 0.3) is 0 Å². The largest absolute Gasteiger partial charge is 0.468 e. The van der Waals surface area contributed by atoms with Crippen LogP contribution in [0.2, 0.25) is 0 Å². The Kier molecular flexibility index (Phi) is 4.90. The molecule has 0 aromatic heterocycles. The number of hydrogen-bond donors (Lipinski definition) is 2. The number of carbonyl (C=O) groups is 1. The molecular formula is C10H20N2O2. The summed E-state index contributed by atoms with van der Waals surface area (Å²) in [7, 11) is 3.20. The number of esters is 1. The molecule has 82 valence electrons. The van der Waals surface area contributed by atoms with Gasteiger partial charge in [-0.3, -0.25) is 10.2 Å². The molecule has 1 saturated carbocycles. The van der Waals surface area contributed by atoms with Gasteiger partial charge >= 0.3 is 5.97 Å². The van der Waals surface area contributed by atoms with Crippen molar-refractivity contribution in [1.82, 2.24) is 10.9 Å². The van der Waals surface area contributed by atoms with Crippen LogP contribution in [-0.4, -0.2) is 26.2 Å². The van der Waals surface area contributed by atoms with Gasteiger partial charge in [0.05, 0.1) is 7.11 Å². The Balaban J connectivity index is 2.37. The Morgan fingerprint density at radius 3 is 2.64 bits per heavy atom. The van der Waals surface area contributed by atoms with Crippen molar-refractivity contribution in [3.05, 3.63) is 0 Å². The SMILES string of the molecule is CNNC(CC1CCCC1)C(=O)OC. The Hall–Kier alpha value is -0.610. The van der Waals surface area contributed by atoms with Gasteiger partial charge in [0, 0.05) is 0 Å². The first kappa shape index (κ1) is 11.5. The number of ether oxygens (including phenoxy) is 1. The molecule has 1 unspecified atom stereocenters. The molecule has 1 aliphatic rings. The molecule has 4 nitrogen and oxygen atoms in total. The van der Waals surface area contributed by atoms with Gasteiger partial charge in [-0.1, -0.05) is 25.7 Å². The molecule has 0 bridgehead atoms. The molecular weight excluding hydrogens is 180 g/mol. The van der Waals surface area contributed by atoms with Crippen molar-refractivity contribution in [2.75, 3.05) is 14.2 Å². The van der Waals surface area contributed by atoms with Crippen LogP contribution in [0.15, 0.2) is 0 Å². The lowest BCUT2D eigenvalue weighted by Gasteiger charge is -2.18. The highest BCUT2D eigenvalue weighted by molar-refractivity contribution is 5.75. The number of rotatable bonds is 5. The van der Waals surface area contributed by atoms with Crippen molar-refractivity contribution in [2.45, 2.75) is 38.1 Å². The number of methoxy groups -OCH3 is 1. The molecule has 0 aliphatic heterocycles. The van der Waals surface area contributed by atoms with Crippen molar-refractivity contribution < 1.29 is 9.53 Å². The van der Waals surface area contributed by atoms with Crippen molar-refractivity contribution in [3.63, 3.8) is 0 Å². The van der Waals surface area contributed by atoms with Crippen LogP contribution in [0, 0.1) is 5.92 Å². The summed E-state index contributed by atoms with van der Waals surface area (Å²) in [5, 5.41) is 0. The molecule has 1 fully saturated rings. The third-order valence-electron chi connectivity index (χ3n) is 2.85. The lowest BCUT2D eigenvalue weighted by Crippen LogP contribution is -2.45. The van der Waals surface area contributed by atoms with Gasteiger partial charge in [0.2, 0.25) is 0 Å². The minimum atomic E-state index is -0.201. The van der Waals surface area contributed by atoms with E-state index in [1.807, 2.05) is 0 Å². The van der Waals surface area contributed by atoms with Crippen LogP contribution in [0.1, 0.15) is 32.1 Å². The maximum atomic E-state index is 11.4. The zero-order valence-corrected chi connectivity index (χ0v) is 9.01. The van der Waals surface area contributed by atoms with E-state index in [2.05, 4.69) is 10.9 Å². The summed E-state index contributed by atoms with van der Waals surface area (Å²) in [5.41, 5.74) is 5.74. The summed E-state index contributed by atoms with van der Waals surface area (Å²) in [6.07, 6.45) is 5.99. The van der Waals surface area contributed by atoms with Crippen molar-refractivity contribution >= 4 is 5.97 Å². The summed E-state index contributed by atoms with van der Waals surface area (Å²) < 4.78 is 4.73. The maximum Gasteiger partial charge on any atom is 0.324 e. The van der Waals surface area contributed by atoms with E-state index in [0.29, 0.717) is 5.92 Å². The summed E-state index contributed by atoms with van der Waals surface area (Å²) in [6.45, 7) is 0. The minimum absolute atomic E-state index is 0.175. The summed E-state index contributed by atoms with van der Waals surface area (Å²) in [6, 6.07) is -0.201. The highest BCUT2D eigenvalue weighted by Crippen LogP contribution is 2.28. The van der Waals surface area contributed by atoms with Crippen molar-refractivity contribution in [2.24, 2.45) is 5.92 Å². The topological polar surface area (TPSA) is 50.4 Å². The van der Waals surface area contributed by atoms with Gasteiger partial charge in [0.25, 0.3) is 0 Å². The Labute approximate surface area is 85.4 Å². The second kappa shape index (κ2) is 5.98. The van der Waals surface area contributed by atoms with Gasteiger partial charge in [0.1, 0.15) is 6.04 Å². The van der Waals surface area contributed by atoms with Gasteiger partial charge in [-0.25, -0.2) is 5.43 Å². The number of hydrazine groups is 1. The number of hydrogen-bond acceptors (Lipinski definition) is 4. The molecule has 4 heteroatoms. The van der Waals surface area contributed by atoms with E-state index >= 15 is 0 Å². The molecule has 0 aromatic rings. The molecule has 0 spiro atoms. The lowest BCUT2D eigenvalue weighted by molar-refractivity contribution is -0.143. The average molecular weight is 200 g/mol. The van der Waals surface area contributed by atoms with Gasteiger partial charge in [0.15, 0.2) is 0 Å². The molecule has 0 saturated heterocycles. The number of carbonyl (C=O) groups excluding carboxylic acids is 1. The van der Waals surface area contributed by atoms with Crippen LogP contribution in [0.4, 0.5) is 0 Å².